The van der Waals surface area contributed by atoms with Gasteiger partial charge in [-0.15, -0.1) is 0 Å². The minimum atomic E-state index is -5.09. The summed E-state index contributed by atoms with van der Waals surface area (Å²) in [4.78, 5) is 34.2. The molecule has 1 atom stereocenters. The fourth-order valence-electron chi connectivity index (χ4n) is 2.59. The topological polar surface area (TPSA) is 75.2 Å². The Bertz CT molecular complexity index is 942. The molecule has 1 heterocycles. The van der Waals surface area contributed by atoms with Crippen molar-refractivity contribution < 1.29 is 35.9 Å². The second-order valence-electron chi connectivity index (χ2n) is 6.60. The molecule has 31 heavy (non-hydrogen) atoms. The molecule has 2 amide bonds. The van der Waals surface area contributed by atoms with Gasteiger partial charge in [0, 0.05) is 31.5 Å². The van der Waals surface area contributed by atoms with E-state index in [1.54, 1.807) is 6.92 Å². The van der Waals surface area contributed by atoms with Crippen molar-refractivity contribution in [3.05, 3.63) is 58.7 Å². The quantitative estimate of drug-likeness (QED) is 0.699. The van der Waals surface area contributed by atoms with Crippen LogP contribution in [-0.2, 0) is 12.4 Å². The van der Waals surface area contributed by atoms with Crippen molar-refractivity contribution in [3.8, 4) is 0 Å². The third-order valence-electron chi connectivity index (χ3n) is 4.36. The number of aromatic nitrogens is 2. The van der Waals surface area contributed by atoms with Gasteiger partial charge in [-0.25, -0.2) is 4.98 Å². The highest BCUT2D eigenvalue weighted by atomic mass is 19.4. The van der Waals surface area contributed by atoms with Gasteiger partial charge in [-0.05, 0) is 32.0 Å². The zero-order valence-electron chi connectivity index (χ0n) is 16.6. The van der Waals surface area contributed by atoms with Crippen molar-refractivity contribution in [1.29, 1.82) is 0 Å². The van der Waals surface area contributed by atoms with Crippen molar-refractivity contribution in [3.63, 3.8) is 0 Å². The number of carbonyl (C=O) groups excluding carboxylic acids is 2. The number of hydrogen-bond donors (Lipinski definition) is 1. The Balaban J connectivity index is 2.39. The average molecular weight is 448 g/mol. The summed E-state index contributed by atoms with van der Waals surface area (Å²) in [5.41, 5.74) is -4.14. The molecule has 0 radical (unpaired) electrons. The molecule has 1 aromatic heterocycles. The van der Waals surface area contributed by atoms with E-state index in [0.717, 1.165) is 0 Å². The van der Waals surface area contributed by atoms with Crippen LogP contribution in [0, 0.1) is 0 Å². The lowest BCUT2D eigenvalue weighted by atomic mass is 10.0. The van der Waals surface area contributed by atoms with E-state index in [0.29, 0.717) is 18.7 Å². The minimum absolute atomic E-state index is 0.0178. The maximum absolute atomic E-state index is 13.0. The van der Waals surface area contributed by atoms with Gasteiger partial charge in [-0.2, -0.15) is 26.3 Å². The zero-order chi connectivity index (χ0) is 23.6. The highest BCUT2D eigenvalue weighted by Crippen LogP contribution is 2.36. The van der Waals surface area contributed by atoms with E-state index in [1.165, 1.54) is 31.3 Å². The normalized spacial score (nSPS) is 12.9. The molecule has 6 nitrogen and oxygen atoms in total. The van der Waals surface area contributed by atoms with Crippen LogP contribution in [-0.4, -0.2) is 40.3 Å². The van der Waals surface area contributed by atoms with Crippen LogP contribution in [0.15, 0.2) is 30.6 Å². The van der Waals surface area contributed by atoms with Gasteiger partial charge in [0.25, 0.3) is 11.8 Å². The first-order valence-electron chi connectivity index (χ1n) is 8.92. The summed E-state index contributed by atoms with van der Waals surface area (Å²) in [6.07, 6.45) is -7.68. The second-order valence-corrected chi connectivity index (χ2v) is 6.60. The van der Waals surface area contributed by atoms with Crippen molar-refractivity contribution in [1.82, 2.24) is 20.2 Å². The van der Waals surface area contributed by atoms with Crippen LogP contribution in [0.2, 0.25) is 0 Å². The molecule has 2 rings (SSSR count). The predicted molar refractivity (Wildman–Crippen MR) is 97.0 cm³/mol. The molecule has 1 N–H and O–H groups in total. The lowest BCUT2D eigenvalue weighted by Crippen LogP contribution is -2.32. The molecule has 1 aromatic carbocycles. The molecular weight excluding hydrogens is 430 g/mol. The number of amides is 2. The summed E-state index contributed by atoms with van der Waals surface area (Å²) >= 11 is 0. The molecule has 12 heteroatoms. The van der Waals surface area contributed by atoms with Crippen molar-refractivity contribution >= 4 is 11.8 Å². The van der Waals surface area contributed by atoms with Crippen molar-refractivity contribution in [2.45, 2.75) is 32.2 Å². The smallest absolute Gasteiger partial charge is 0.344 e. The zero-order valence-corrected chi connectivity index (χ0v) is 16.6. The fraction of sp³-hybridized carbons (Fsp3) is 0.368. The molecule has 0 bridgehead atoms. The Labute approximate surface area is 173 Å². The van der Waals surface area contributed by atoms with E-state index in [1.807, 2.05) is 0 Å². The molecule has 0 saturated heterocycles. The number of carbonyl (C=O) groups is 2. The molecule has 0 aliphatic heterocycles. The standard InChI is InChI=1S/C19H18F6N4O2/c1-4-29(3)17(31)15-14(26-5-6-27-15)10(2)28-16(30)11-7-12(18(20,21)22)9-13(8-11)19(23,24)25/h5-10H,4H2,1-3H3,(H,28,30). The van der Waals surface area contributed by atoms with Gasteiger partial charge in [0.1, 0.15) is 0 Å². The number of benzene rings is 1. The van der Waals surface area contributed by atoms with E-state index < -0.39 is 46.9 Å². The maximum Gasteiger partial charge on any atom is 0.416 e. The van der Waals surface area contributed by atoms with E-state index >= 15 is 0 Å². The molecule has 1 unspecified atom stereocenters. The first kappa shape index (κ1) is 24.1. The van der Waals surface area contributed by atoms with Gasteiger partial charge in [0.15, 0.2) is 5.69 Å². The number of nitrogens with one attached hydrogen (secondary N) is 1. The summed E-state index contributed by atoms with van der Waals surface area (Å²) in [5.74, 6) is -1.71. The maximum atomic E-state index is 13.0. The molecule has 0 aliphatic rings. The monoisotopic (exact) mass is 448 g/mol. The number of hydrogen-bond acceptors (Lipinski definition) is 4. The van der Waals surface area contributed by atoms with E-state index in [4.69, 9.17) is 0 Å². The fourth-order valence-corrected chi connectivity index (χ4v) is 2.59. The third kappa shape index (κ3) is 5.70. The number of alkyl halides is 6. The van der Waals surface area contributed by atoms with Gasteiger partial charge < -0.3 is 10.2 Å². The number of nitrogens with zero attached hydrogens (tertiary/aromatic N) is 3. The van der Waals surface area contributed by atoms with E-state index in [-0.39, 0.29) is 17.5 Å². The molecule has 0 spiro atoms. The third-order valence-corrected chi connectivity index (χ3v) is 4.36. The largest absolute Gasteiger partial charge is 0.416 e. The van der Waals surface area contributed by atoms with Gasteiger partial charge in [0.05, 0.1) is 22.9 Å². The Morgan fingerprint density at radius 1 is 1.00 bits per heavy atom. The molecule has 0 aliphatic carbocycles. The van der Waals surface area contributed by atoms with Gasteiger partial charge >= 0.3 is 12.4 Å². The SMILES string of the molecule is CCN(C)C(=O)c1nccnc1C(C)NC(=O)c1cc(C(F)(F)F)cc(C(F)(F)F)c1. The lowest BCUT2D eigenvalue weighted by Gasteiger charge is -2.20. The Hall–Kier alpha value is -3.18. The molecule has 0 saturated carbocycles. The highest BCUT2D eigenvalue weighted by Gasteiger charge is 2.37. The molecule has 168 valence electrons. The first-order valence-corrected chi connectivity index (χ1v) is 8.92. The van der Waals surface area contributed by atoms with Gasteiger partial charge in [-0.3, -0.25) is 14.6 Å². The van der Waals surface area contributed by atoms with Crippen LogP contribution < -0.4 is 5.32 Å². The van der Waals surface area contributed by atoms with Gasteiger partial charge in [0.2, 0.25) is 0 Å². The van der Waals surface area contributed by atoms with Crippen LogP contribution in [0.1, 0.15) is 57.6 Å². The van der Waals surface area contributed by atoms with E-state index in [9.17, 15) is 35.9 Å². The van der Waals surface area contributed by atoms with Crippen LogP contribution in [0.3, 0.4) is 0 Å². The van der Waals surface area contributed by atoms with Crippen molar-refractivity contribution in [2.75, 3.05) is 13.6 Å². The summed E-state index contributed by atoms with van der Waals surface area (Å²) in [6, 6.07) is -0.454. The minimum Gasteiger partial charge on any atom is -0.344 e. The number of halogens is 6. The summed E-state index contributed by atoms with van der Waals surface area (Å²) < 4.78 is 78.1. The Kier molecular flexibility index (Phi) is 6.92. The Morgan fingerprint density at radius 2 is 1.52 bits per heavy atom. The van der Waals surface area contributed by atoms with Crippen LogP contribution in [0.5, 0.6) is 0 Å². The summed E-state index contributed by atoms with van der Waals surface area (Å²) in [6.45, 7) is 3.44. The van der Waals surface area contributed by atoms with E-state index in [2.05, 4.69) is 15.3 Å². The van der Waals surface area contributed by atoms with Crippen LogP contribution >= 0.6 is 0 Å². The lowest BCUT2D eigenvalue weighted by molar-refractivity contribution is -0.143. The molecule has 2 aromatic rings. The average Bonchev–Trinajstić information content (AvgIpc) is 2.70. The Morgan fingerprint density at radius 3 is 2.00 bits per heavy atom. The summed E-state index contributed by atoms with van der Waals surface area (Å²) in [7, 11) is 1.51. The first-order chi connectivity index (χ1) is 14.3. The highest BCUT2D eigenvalue weighted by molar-refractivity contribution is 5.96. The number of rotatable bonds is 5. The predicted octanol–water partition coefficient (Wildman–Crippen LogP) is 4.10. The van der Waals surface area contributed by atoms with Gasteiger partial charge in [-0.1, -0.05) is 0 Å². The van der Waals surface area contributed by atoms with Crippen LogP contribution in [0.25, 0.3) is 0 Å². The molecule has 0 fully saturated rings. The second kappa shape index (κ2) is 8.90. The van der Waals surface area contributed by atoms with Crippen LogP contribution in [0.4, 0.5) is 26.3 Å². The van der Waals surface area contributed by atoms with Crippen molar-refractivity contribution in [2.24, 2.45) is 0 Å². The summed E-state index contributed by atoms with van der Waals surface area (Å²) in [5, 5.41) is 2.28. The molecular formula is C19H18F6N4O2.